The van der Waals surface area contributed by atoms with Crippen LogP contribution < -0.4 is 4.74 Å². The molecule has 0 spiro atoms. The van der Waals surface area contributed by atoms with E-state index >= 15 is 0 Å². The Labute approximate surface area is 130 Å². The summed E-state index contributed by atoms with van der Waals surface area (Å²) in [6.07, 6.45) is 0. The molecule has 12 heteroatoms. The van der Waals surface area contributed by atoms with Crippen molar-refractivity contribution in [2.24, 2.45) is 0 Å². The molecule has 2 rings (SSSR count). The minimum Gasteiger partial charge on any atom is -0.502 e. The average molecular weight is 376 g/mol. The maximum Gasteiger partial charge on any atom is 0.350 e. The van der Waals surface area contributed by atoms with Crippen molar-refractivity contribution < 1.29 is 54.2 Å². The second kappa shape index (κ2) is 6.18. The van der Waals surface area contributed by atoms with E-state index < -0.39 is 75.4 Å². The number of hydrogen-bond acceptors (Lipinski definition) is 3. The average Bonchev–Trinajstić information content (AvgIpc) is 2.58. The number of carbonyl (C=O) groups excluding carboxylic acids is 1. The van der Waals surface area contributed by atoms with Crippen molar-refractivity contribution in [3.8, 4) is 11.5 Å². The Morgan fingerprint density at radius 3 is 1.44 bits per heavy atom. The van der Waals surface area contributed by atoms with Crippen LogP contribution in [0, 0.1) is 52.4 Å². The lowest BCUT2D eigenvalue weighted by molar-refractivity contribution is 0.0704. The standard InChI is InChI=1S/C13HF9O3/c14-2-1(3(15)5(17)6(18)4(2)16)13(24)25-12-10(22)8(20)7(19)9(21)11(12)23/h23H. The summed E-state index contributed by atoms with van der Waals surface area (Å²) in [4.78, 5) is 11.5. The fourth-order valence-corrected chi connectivity index (χ4v) is 1.62. The normalized spacial score (nSPS) is 10.9. The van der Waals surface area contributed by atoms with Gasteiger partial charge < -0.3 is 9.84 Å². The molecule has 0 aromatic heterocycles. The predicted octanol–water partition coefficient (Wildman–Crippen LogP) is 3.86. The third-order valence-corrected chi connectivity index (χ3v) is 2.81. The first-order chi connectivity index (χ1) is 11.5. The third-order valence-electron chi connectivity index (χ3n) is 2.81. The van der Waals surface area contributed by atoms with Crippen LogP contribution in [0.25, 0.3) is 0 Å². The third kappa shape index (κ3) is 2.72. The number of carbonyl (C=O) groups is 1. The van der Waals surface area contributed by atoms with Gasteiger partial charge in [-0.15, -0.1) is 0 Å². The molecule has 0 aliphatic carbocycles. The van der Waals surface area contributed by atoms with E-state index in [9.17, 15) is 44.3 Å². The Bertz CT molecular complexity index is 853. The number of hydrogen-bond donors (Lipinski definition) is 1. The van der Waals surface area contributed by atoms with E-state index in [0.717, 1.165) is 0 Å². The van der Waals surface area contributed by atoms with Gasteiger partial charge >= 0.3 is 5.97 Å². The summed E-state index contributed by atoms with van der Waals surface area (Å²) in [7, 11) is 0. The lowest BCUT2D eigenvalue weighted by Crippen LogP contribution is -2.18. The molecule has 1 N–H and O–H groups in total. The molecule has 0 heterocycles. The molecule has 0 amide bonds. The van der Waals surface area contributed by atoms with Crippen LogP contribution in [-0.2, 0) is 0 Å². The zero-order valence-electron chi connectivity index (χ0n) is 11.2. The number of esters is 1. The van der Waals surface area contributed by atoms with Crippen LogP contribution in [0.15, 0.2) is 0 Å². The topological polar surface area (TPSA) is 46.5 Å². The van der Waals surface area contributed by atoms with Crippen molar-refractivity contribution >= 4 is 5.97 Å². The molecule has 25 heavy (non-hydrogen) atoms. The largest absolute Gasteiger partial charge is 0.502 e. The van der Waals surface area contributed by atoms with E-state index in [1.807, 2.05) is 0 Å². The summed E-state index contributed by atoms with van der Waals surface area (Å²) in [5, 5.41) is 9.08. The van der Waals surface area contributed by atoms with Gasteiger partial charge in [0.2, 0.25) is 40.6 Å². The highest BCUT2D eigenvalue weighted by Gasteiger charge is 2.34. The van der Waals surface area contributed by atoms with Gasteiger partial charge in [-0.05, 0) is 0 Å². The van der Waals surface area contributed by atoms with Gasteiger partial charge in [-0.2, -0.15) is 8.78 Å². The van der Waals surface area contributed by atoms with E-state index in [-0.39, 0.29) is 0 Å². The van der Waals surface area contributed by atoms with E-state index in [4.69, 9.17) is 5.11 Å². The summed E-state index contributed by atoms with van der Waals surface area (Å²) < 4.78 is 122. The Balaban J connectivity index is 2.61. The molecule has 0 atom stereocenters. The number of benzene rings is 2. The SMILES string of the molecule is O=C(Oc1c(O)c(F)c(F)c(F)c1F)c1c(F)c(F)c(F)c(F)c1F. The summed E-state index contributed by atoms with van der Waals surface area (Å²) in [5.41, 5.74) is -2.24. The molecular formula is C13HF9O3. The van der Waals surface area contributed by atoms with E-state index in [1.54, 1.807) is 0 Å². The fourth-order valence-electron chi connectivity index (χ4n) is 1.62. The molecule has 3 nitrogen and oxygen atoms in total. The second-order valence-corrected chi connectivity index (χ2v) is 4.27. The molecule has 0 aliphatic rings. The van der Waals surface area contributed by atoms with Crippen molar-refractivity contribution in [3.05, 3.63) is 57.9 Å². The van der Waals surface area contributed by atoms with Gasteiger partial charge in [-0.1, -0.05) is 0 Å². The van der Waals surface area contributed by atoms with E-state index in [0.29, 0.717) is 0 Å². The van der Waals surface area contributed by atoms with Crippen LogP contribution in [-0.4, -0.2) is 11.1 Å². The minimum atomic E-state index is -2.65. The van der Waals surface area contributed by atoms with Gasteiger partial charge in [-0.3, -0.25) is 0 Å². The highest BCUT2D eigenvalue weighted by atomic mass is 19.2. The Hall–Kier alpha value is -2.92. The summed E-state index contributed by atoms with van der Waals surface area (Å²) >= 11 is 0. The number of phenols is 1. The van der Waals surface area contributed by atoms with E-state index in [1.165, 1.54) is 0 Å². The Kier molecular flexibility index (Phi) is 4.55. The van der Waals surface area contributed by atoms with Gasteiger partial charge in [0, 0.05) is 0 Å². The van der Waals surface area contributed by atoms with Gasteiger partial charge in [0.25, 0.3) is 0 Å². The van der Waals surface area contributed by atoms with Gasteiger partial charge in [0.05, 0.1) is 0 Å². The number of ether oxygens (including phenoxy) is 1. The van der Waals surface area contributed by atoms with Gasteiger partial charge in [0.1, 0.15) is 5.56 Å². The zero-order valence-corrected chi connectivity index (χ0v) is 11.2. The maximum absolute atomic E-state index is 13.4. The van der Waals surface area contributed by atoms with Crippen molar-refractivity contribution in [2.45, 2.75) is 0 Å². The number of halogens is 9. The summed E-state index contributed by atoms with van der Waals surface area (Å²) in [6, 6.07) is 0. The van der Waals surface area contributed by atoms with Crippen molar-refractivity contribution in [1.82, 2.24) is 0 Å². The molecule has 0 saturated carbocycles. The van der Waals surface area contributed by atoms with Gasteiger partial charge in [-0.25, -0.2) is 35.5 Å². The Morgan fingerprint density at radius 2 is 0.960 bits per heavy atom. The first-order valence-corrected chi connectivity index (χ1v) is 5.79. The molecule has 0 fully saturated rings. The summed E-state index contributed by atoms with van der Waals surface area (Å²) in [6.45, 7) is 0. The van der Waals surface area contributed by atoms with Crippen LogP contribution in [0.4, 0.5) is 39.5 Å². The highest BCUT2D eigenvalue weighted by Crippen LogP contribution is 2.36. The number of phenolic OH excluding ortho intramolecular Hbond substituents is 1. The lowest BCUT2D eigenvalue weighted by atomic mass is 10.1. The second-order valence-electron chi connectivity index (χ2n) is 4.27. The lowest BCUT2D eigenvalue weighted by Gasteiger charge is -2.11. The molecule has 0 unspecified atom stereocenters. The zero-order chi connectivity index (χ0) is 19.2. The smallest absolute Gasteiger partial charge is 0.350 e. The molecule has 0 radical (unpaired) electrons. The van der Waals surface area contributed by atoms with Crippen LogP contribution in [0.1, 0.15) is 10.4 Å². The monoisotopic (exact) mass is 376 g/mol. The van der Waals surface area contributed by atoms with E-state index in [2.05, 4.69) is 4.74 Å². The molecule has 0 saturated heterocycles. The molecule has 2 aromatic carbocycles. The first-order valence-electron chi connectivity index (χ1n) is 5.79. The first kappa shape index (κ1) is 18.4. The maximum atomic E-state index is 13.4. The van der Waals surface area contributed by atoms with Gasteiger partial charge in [0.15, 0.2) is 23.3 Å². The highest BCUT2D eigenvalue weighted by molar-refractivity contribution is 5.92. The summed E-state index contributed by atoms with van der Waals surface area (Å²) in [5.74, 6) is -29.8. The van der Waals surface area contributed by atoms with Crippen LogP contribution in [0.5, 0.6) is 11.5 Å². The number of aromatic hydroxyl groups is 1. The van der Waals surface area contributed by atoms with Crippen molar-refractivity contribution in [2.75, 3.05) is 0 Å². The van der Waals surface area contributed by atoms with Crippen LogP contribution in [0.3, 0.4) is 0 Å². The molecule has 2 aromatic rings. The predicted molar refractivity (Wildman–Crippen MR) is 59.1 cm³/mol. The van der Waals surface area contributed by atoms with Crippen molar-refractivity contribution in [3.63, 3.8) is 0 Å². The molecule has 0 aliphatic heterocycles. The van der Waals surface area contributed by atoms with Crippen molar-refractivity contribution in [1.29, 1.82) is 0 Å². The molecule has 0 bridgehead atoms. The molecular weight excluding hydrogens is 375 g/mol. The van der Waals surface area contributed by atoms with Crippen LogP contribution in [0.2, 0.25) is 0 Å². The Morgan fingerprint density at radius 1 is 0.600 bits per heavy atom. The quantitative estimate of drug-likeness (QED) is 0.285. The fraction of sp³-hybridized carbons (Fsp3) is 0. The minimum absolute atomic E-state index is 2.06. The molecule has 134 valence electrons. The van der Waals surface area contributed by atoms with Crippen LogP contribution >= 0.6 is 0 Å². The number of rotatable bonds is 2.